The topological polar surface area (TPSA) is 63.6 Å². The van der Waals surface area contributed by atoms with Crippen LogP contribution in [-0.4, -0.2) is 23.0 Å². The number of unbranched alkanes of at least 4 members (excludes halogenated alkanes) is 5. The third-order valence-electron chi connectivity index (χ3n) is 3.73. The average molecular weight is 308 g/mol. The molecule has 0 fully saturated rings. The standard InChI is InChI=1S/C18H28O4/c1-3-5-6-7-8-9-10-12-14-13-16(20)17(18(21)22-14)15(19)11-4-2/h10,12,14,20H,3-9,11,13H2,1-2H3/b12-10+. The first-order valence-corrected chi connectivity index (χ1v) is 8.43. The smallest absolute Gasteiger partial charge is 0.345 e. The average Bonchev–Trinajstić information content (AvgIpc) is 2.46. The van der Waals surface area contributed by atoms with Crippen molar-refractivity contribution >= 4 is 11.8 Å². The van der Waals surface area contributed by atoms with Crippen molar-refractivity contribution in [2.45, 2.75) is 77.7 Å². The fraction of sp³-hybridized carbons (Fsp3) is 0.667. The van der Waals surface area contributed by atoms with Crippen LogP contribution in [0.1, 0.15) is 71.6 Å². The van der Waals surface area contributed by atoms with Crippen LogP contribution in [0.4, 0.5) is 0 Å². The van der Waals surface area contributed by atoms with E-state index in [-0.39, 0.29) is 30.0 Å². The first kappa shape index (κ1) is 18.5. The number of aliphatic hydroxyl groups excluding tert-OH is 1. The van der Waals surface area contributed by atoms with Crippen molar-refractivity contribution < 1.29 is 19.4 Å². The third-order valence-corrected chi connectivity index (χ3v) is 3.73. The number of esters is 1. The lowest BCUT2D eigenvalue weighted by Gasteiger charge is -2.21. The highest BCUT2D eigenvalue weighted by atomic mass is 16.5. The quantitative estimate of drug-likeness (QED) is 0.281. The highest BCUT2D eigenvalue weighted by Gasteiger charge is 2.31. The van der Waals surface area contributed by atoms with Gasteiger partial charge in [0.15, 0.2) is 5.78 Å². The minimum atomic E-state index is -0.695. The van der Waals surface area contributed by atoms with Crippen molar-refractivity contribution in [3.63, 3.8) is 0 Å². The van der Waals surface area contributed by atoms with E-state index in [0.29, 0.717) is 6.42 Å². The van der Waals surface area contributed by atoms with Crippen LogP contribution in [0.15, 0.2) is 23.5 Å². The SMILES string of the molecule is CCCCCCC/C=C/C1CC(O)=C(C(=O)CCC)C(=O)O1. The molecule has 1 N–H and O–H groups in total. The normalized spacial score (nSPS) is 18.8. The van der Waals surface area contributed by atoms with Crippen LogP contribution in [0.25, 0.3) is 0 Å². The number of cyclic esters (lactones) is 1. The molecule has 124 valence electrons. The Labute approximate surface area is 133 Å². The van der Waals surface area contributed by atoms with E-state index in [9.17, 15) is 14.7 Å². The van der Waals surface area contributed by atoms with Crippen LogP contribution < -0.4 is 0 Å². The van der Waals surface area contributed by atoms with E-state index in [4.69, 9.17) is 4.74 Å². The third kappa shape index (κ3) is 6.04. The molecule has 0 aromatic heterocycles. The maximum Gasteiger partial charge on any atom is 0.345 e. The lowest BCUT2D eigenvalue weighted by Crippen LogP contribution is -2.29. The van der Waals surface area contributed by atoms with Gasteiger partial charge < -0.3 is 9.84 Å². The molecule has 0 aromatic rings. The molecule has 0 bridgehead atoms. The molecule has 0 aromatic carbocycles. The van der Waals surface area contributed by atoms with Gasteiger partial charge in [-0.25, -0.2) is 4.79 Å². The summed E-state index contributed by atoms with van der Waals surface area (Å²) in [4.78, 5) is 23.6. The summed E-state index contributed by atoms with van der Waals surface area (Å²) in [6.45, 7) is 4.05. The van der Waals surface area contributed by atoms with E-state index in [2.05, 4.69) is 6.92 Å². The maximum absolute atomic E-state index is 11.8. The molecule has 4 heteroatoms. The van der Waals surface area contributed by atoms with Crippen molar-refractivity contribution in [1.29, 1.82) is 0 Å². The number of carbonyl (C=O) groups excluding carboxylic acids is 2. The molecule has 0 saturated carbocycles. The Kier molecular flexibility index (Phi) is 8.56. The predicted octanol–water partition coefficient (Wildman–Crippen LogP) is 4.40. The summed E-state index contributed by atoms with van der Waals surface area (Å²) < 4.78 is 5.22. The second-order valence-electron chi connectivity index (χ2n) is 5.77. The van der Waals surface area contributed by atoms with Gasteiger partial charge in [0.25, 0.3) is 0 Å². The lowest BCUT2D eigenvalue weighted by molar-refractivity contribution is -0.145. The van der Waals surface area contributed by atoms with E-state index < -0.39 is 12.1 Å². The number of ketones is 1. The molecule has 4 nitrogen and oxygen atoms in total. The summed E-state index contributed by atoms with van der Waals surface area (Å²) in [6.07, 6.45) is 11.5. The van der Waals surface area contributed by atoms with E-state index >= 15 is 0 Å². The lowest BCUT2D eigenvalue weighted by atomic mass is 10.00. The Morgan fingerprint density at radius 1 is 1.23 bits per heavy atom. The summed E-state index contributed by atoms with van der Waals surface area (Å²) >= 11 is 0. The van der Waals surface area contributed by atoms with Gasteiger partial charge in [-0.1, -0.05) is 45.6 Å². The van der Waals surface area contributed by atoms with E-state index in [1.54, 1.807) is 0 Å². The van der Waals surface area contributed by atoms with Crippen molar-refractivity contribution in [2.75, 3.05) is 0 Å². The second kappa shape index (κ2) is 10.2. The predicted molar refractivity (Wildman–Crippen MR) is 86.6 cm³/mol. The first-order valence-electron chi connectivity index (χ1n) is 8.43. The van der Waals surface area contributed by atoms with Crippen molar-refractivity contribution in [3.05, 3.63) is 23.5 Å². The van der Waals surface area contributed by atoms with Gasteiger partial charge in [-0.15, -0.1) is 0 Å². The van der Waals surface area contributed by atoms with Gasteiger partial charge in [-0.05, 0) is 25.3 Å². The number of Topliss-reactive ketones (excluding diaryl/α,β-unsaturated/α-hetero) is 1. The van der Waals surface area contributed by atoms with Gasteiger partial charge in [0, 0.05) is 12.8 Å². The highest BCUT2D eigenvalue weighted by molar-refractivity contribution is 6.18. The minimum Gasteiger partial charge on any atom is -0.511 e. The van der Waals surface area contributed by atoms with E-state index in [0.717, 1.165) is 12.8 Å². The van der Waals surface area contributed by atoms with Gasteiger partial charge in [0.2, 0.25) is 0 Å². The molecule has 1 aliphatic heterocycles. The molecule has 1 atom stereocenters. The zero-order valence-electron chi connectivity index (χ0n) is 13.8. The van der Waals surface area contributed by atoms with Crippen molar-refractivity contribution in [2.24, 2.45) is 0 Å². The number of allylic oxidation sites excluding steroid dienone is 1. The van der Waals surface area contributed by atoms with Gasteiger partial charge >= 0.3 is 5.97 Å². The zero-order chi connectivity index (χ0) is 16.4. The monoisotopic (exact) mass is 308 g/mol. The molecule has 1 aliphatic rings. The zero-order valence-corrected chi connectivity index (χ0v) is 13.8. The number of carbonyl (C=O) groups is 2. The largest absolute Gasteiger partial charge is 0.511 e. The molecule has 1 unspecified atom stereocenters. The Balaban J connectivity index is 2.43. The Hall–Kier alpha value is -1.58. The molecule has 0 amide bonds. The van der Waals surface area contributed by atoms with Crippen molar-refractivity contribution in [3.8, 4) is 0 Å². The highest BCUT2D eigenvalue weighted by Crippen LogP contribution is 2.23. The summed E-state index contributed by atoms with van der Waals surface area (Å²) in [5.41, 5.74) is -0.161. The van der Waals surface area contributed by atoms with Crippen LogP contribution in [0.3, 0.4) is 0 Å². The molecule has 22 heavy (non-hydrogen) atoms. The summed E-state index contributed by atoms with van der Waals surface area (Å²) in [7, 11) is 0. The van der Waals surface area contributed by atoms with Gasteiger partial charge in [-0.2, -0.15) is 0 Å². The van der Waals surface area contributed by atoms with Crippen LogP contribution in [0, 0.1) is 0 Å². The number of hydrogen-bond acceptors (Lipinski definition) is 4. The molecule has 0 aliphatic carbocycles. The maximum atomic E-state index is 11.8. The molecule has 1 rings (SSSR count). The Morgan fingerprint density at radius 3 is 2.59 bits per heavy atom. The fourth-order valence-electron chi connectivity index (χ4n) is 2.50. The van der Waals surface area contributed by atoms with Crippen molar-refractivity contribution in [1.82, 2.24) is 0 Å². The first-order chi connectivity index (χ1) is 10.6. The molecule has 0 saturated heterocycles. The number of aliphatic hydroxyl groups is 1. The van der Waals surface area contributed by atoms with E-state index in [1.807, 2.05) is 19.1 Å². The summed E-state index contributed by atoms with van der Waals surface area (Å²) in [5, 5.41) is 9.93. The van der Waals surface area contributed by atoms with Crippen LogP contribution in [-0.2, 0) is 14.3 Å². The molecule has 0 spiro atoms. The van der Waals surface area contributed by atoms with E-state index in [1.165, 1.54) is 25.7 Å². The molecular weight excluding hydrogens is 280 g/mol. The van der Waals surface area contributed by atoms with Crippen LogP contribution in [0.5, 0.6) is 0 Å². The summed E-state index contributed by atoms with van der Waals surface area (Å²) in [5.74, 6) is -1.16. The second-order valence-corrected chi connectivity index (χ2v) is 5.77. The van der Waals surface area contributed by atoms with Crippen LogP contribution >= 0.6 is 0 Å². The Morgan fingerprint density at radius 2 is 1.95 bits per heavy atom. The molecular formula is C18H28O4. The summed E-state index contributed by atoms with van der Waals surface area (Å²) in [6, 6.07) is 0. The Bertz CT molecular complexity index is 434. The van der Waals surface area contributed by atoms with Crippen LogP contribution in [0.2, 0.25) is 0 Å². The van der Waals surface area contributed by atoms with Gasteiger partial charge in [-0.3, -0.25) is 4.79 Å². The number of rotatable bonds is 10. The van der Waals surface area contributed by atoms with Gasteiger partial charge in [0.05, 0.1) is 0 Å². The molecule has 0 radical (unpaired) electrons. The number of ether oxygens (including phenoxy) is 1. The minimum absolute atomic E-state index is 0.132. The van der Waals surface area contributed by atoms with Gasteiger partial charge in [0.1, 0.15) is 17.4 Å². The fourth-order valence-corrected chi connectivity index (χ4v) is 2.50. The number of hydrogen-bond donors (Lipinski definition) is 1. The molecule has 1 heterocycles.